The Bertz CT molecular complexity index is 426. The maximum absolute atomic E-state index is 13.7. The molecule has 100 valence electrons. The maximum atomic E-state index is 13.7. The van der Waals surface area contributed by atoms with Gasteiger partial charge in [-0.3, -0.25) is 4.90 Å². The highest BCUT2D eigenvalue weighted by atomic mass is 19.1. The fraction of sp³-hybridized carbons (Fsp3) is 0.600. The van der Waals surface area contributed by atoms with Crippen LogP contribution in [-0.2, 0) is 6.54 Å². The van der Waals surface area contributed by atoms with E-state index in [1.54, 1.807) is 6.07 Å². The molecule has 2 nitrogen and oxygen atoms in total. The molecule has 1 aromatic carbocycles. The van der Waals surface area contributed by atoms with Crippen LogP contribution in [0.5, 0.6) is 0 Å². The highest BCUT2D eigenvalue weighted by Gasteiger charge is 2.37. The highest BCUT2D eigenvalue weighted by Crippen LogP contribution is 2.25. The van der Waals surface area contributed by atoms with Gasteiger partial charge in [0, 0.05) is 36.3 Å². The monoisotopic (exact) mass is 250 g/mol. The summed E-state index contributed by atoms with van der Waals surface area (Å²) < 4.78 is 13.7. The normalized spacial score (nSPS) is 22.9. The van der Waals surface area contributed by atoms with Gasteiger partial charge in [-0.2, -0.15) is 0 Å². The molecule has 0 amide bonds. The molecule has 0 bridgehead atoms. The lowest BCUT2D eigenvalue weighted by Gasteiger charge is -2.49. The van der Waals surface area contributed by atoms with Crippen LogP contribution in [0.2, 0.25) is 0 Å². The molecular weight excluding hydrogens is 227 g/mol. The first-order valence-electron chi connectivity index (χ1n) is 6.54. The summed E-state index contributed by atoms with van der Waals surface area (Å²) in [7, 11) is 0. The molecule has 2 rings (SSSR count). The number of rotatable bonds is 2. The highest BCUT2D eigenvalue weighted by molar-refractivity contribution is 5.18. The van der Waals surface area contributed by atoms with E-state index in [0.29, 0.717) is 6.54 Å². The second-order valence-corrected chi connectivity index (χ2v) is 6.50. The predicted octanol–water partition coefficient (Wildman–Crippen LogP) is 2.79. The van der Waals surface area contributed by atoms with Crippen LogP contribution >= 0.6 is 0 Å². The standard InChI is InChI=1S/C15H23FN2/c1-14(2)11-18(15(3,4)10-17-14)9-12-7-5-6-8-13(12)16/h5-8,17H,9-11H2,1-4H3. The molecule has 0 atom stereocenters. The fourth-order valence-corrected chi connectivity index (χ4v) is 2.42. The number of piperazine rings is 1. The predicted molar refractivity (Wildman–Crippen MR) is 73.0 cm³/mol. The third-order valence-electron chi connectivity index (χ3n) is 3.76. The van der Waals surface area contributed by atoms with Crippen LogP contribution < -0.4 is 5.32 Å². The van der Waals surface area contributed by atoms with Gasteiger partial charge < -0.3 is 5.32 Å². The maximum Gasteiger partial charge on any atom is 0.127 e. The Balaban J connectivity index is 2.18. The number of benzene rings is 1. The molecule has 0 spiro atoms. The van der Waals surface area contributed by atoms with Gasteiger partial charge in [-0.25, -0.2) is 4.39 Å². The smallest absolute Gasteiger partial charge is 0.127 e. The van der Waals surface area contributed by atoms with E-state index in [0.717, 1.165) is 18.7 Å². The van der Waals surface area contributed by atoms with Crippen molar-refractivity contribution in [1.82, 2.24) is 10.2 Å². The first kappa shape index (κ1) is 13.5. The van der Waals surface area contributed by atoms with Crippen molar-refractivity contribution in [2.24, 2.45) is 0 Å². The summed E-state index contributed by atoms with van der Waals surface area (Å²) in [5.74, 6) is -0.107. The van der Waals surface area contributed by atoms with E-state index < -0.39 is 0 Å². The summed E-state index contributed by atoms with van der Waals surface area (Å²) in [6.07, 6.45) is 0. The summed E-state index contributed by atoms with van der Waals surface area (Å²) >= 11 is 0. The molecule has 0 aliphatic carbocycles. The van der Waals surface area contributed by atoms with E-state index in [-0.39, 0.29) is 16.9 Å². The largest absolute Gasteiger partial charge is 0.309 e. The molecule has 3 heteroatoms. The summed E-state index contributed by atoms with van der Waals surface area (Å²) in [5, 5.41) is 3.54. The van der Waals surface area contributed by atoms with Crippen LogP contribution in [0.15, 0.2) is 24.3 Å². The zero-order chi connectivity index (χ0) is 13.4. The van der Waals surface area contributed by atoms with Gasteiger partial charge in [0.15, 0.2) is 0 Å². The summed E-state index contributed by atoms with van der Waals surface area (Å²) in [6.45, 7) is 11.3. The lowest BCUT2D eigenvalue weighted by molar-refractivity contribution is 0.0315. The average molecular weight is 250 g/mol. The Morgan fingerprint density at radius 2 is 1.89 bits per heavy atom. The number of hydrogen-bond acceptors (Lipinski definition) is 2. The molecular formula is C15H23FN2. The van der Waals surface area contributed by atoms with Gasteiger partial charge in [-0.1, -0.05) is 18.2 Å². The van der Waals surface area contributed by atoms with Crippen LogP contribution in [-0.4, -0.2) is 29.1 Å². The molecule has 1 aliphatic heterocycles. The molecule has 1 heterocycles. The van der Waals surface area contributed by atoms with Crippen molar-refractivity contribution in [2.75, 3.05) is 13.1 Å². The van der Waals surface area contributed by atoms with Crippen molar-refractivity contribution in [3.63, 3.8) is 0 Å². The van der Waals surface area contributed by atoms with Crippen molar-refractivity contribution in [2.45, 2.75) is 45.3 Å². The Labute approximate surface area is 109 Å². The third-order valence-corrected chi connectivity index (χ3v) is 3.76. The molecule has 1 fully saturated rings. The minimum absolute atomic E-state index is 0.0534. The van der Waals surface area contributed by atoms with E-state index in [1.165, 1.54) is 6.07 Å². The zero-order valence-electron chi connectivity index (χ0n) is 11.8. The second kappa shape index (κ2) is 4.63. The Hall–Kier alpha value is -0.930. The molecule has 0 radical (unpaired) electrons. The van der Waals surface area contributed by atoms with E-state index in [2.05, 4.69) is 37.9 Å². The molecule has 1 aliphatic rings. The van der Waals surface area contributed by atoms with Gasteiger partial charge in [0.2, 0.25) is 0 Å². The topological polar surface area (TPSA) is 15.3 Å². The van der Waals surface area contributed by atoms with Crippen molar-refractivity contribution in [3.8, 4) is 0 Å². The Morgan fingerprint density at radius 1 is 1.22 bits per heavy atom. The quantitative estimate of drug-likeness (QED) is 0.868. The van der Waals surface area contributed by atoms with Gasteiger partial charge in [0.05, 0.1) is 0 Å². The molecule has 0 unspecified atom stereocenters. The van der Waals surface area contributed by atoms with E-state index in [4.69, 9.17) is 0 Å². The summed E-state index contributed by atoms with van der Waals surface area (Å²) in [5.41, 5.74) is 0.918. The molecule has 18 heavy (non-hydrogen) atoms. The number of nitrogens with zero attached hydrogens (tertiary/aromatic N) is 1. The van der Waals surface area contributed by atoms with Crippen LogP contribution in [0.25, 0.3) is 0 Å². The summed E-state index contributed by atoms with van der Waals surface area (Å²) in [6, 6.07) is 7.06. The van der Waals surface area contributed by atoms with Gasteiger partial charge >= 0.3 is 0 Å². The van der Waals surface area contributed by atoms with Crippen LogP contribution in [0.3, 0.4) is 0 Å². The first-order valence-corrected chi connectivity index (χ1v) is 6.54. The lowest BCUT2D eigenvalue weighted by atomic mass is 9.91. The Kier molecular flexibility index (Phi) is 3.47. The minimum Gasteiger partial charge on any atom is -0.309 e. The minimum atomic E-state index is -0.107. The fourth-order valence-electron chi connectivity index (χ4n) is 2.42. The SMILES string of the molecule is CC1(C)CN(Cc2ccccc2F)C(C)(C)CN1. The molecule has 0 aromatic heterocycles. The number of halogens is 1. The van der Waals surface area contributed by atoms with E-state index >= 15 is 0 Å². The van der Waals surface area contributed by atoms with E-state index in [1.807, 2.05) is 12.1 Å². The van der Waals surface area contributed by atoms with Crippen molar-refractivity contribution in [1.29, 1.82) is 0 Å². The van der Waals surface area contributed by atoms with Crippen molar-refractivity contribution < 1.29 is 4.39 Å². The number of hydrogen-bond donors (Lipinski definition) is 1. The number of nitrogens with one attached hydrogen (secondary N) is 1. The lowest BCUT2D eigenvalue weighted by Crippen LogP contribution is -2.65. The van der Waals surface area contributed by atoms with Gasteiger partial charge in [0.25, 0.3) is 0 Å². The molecule has 1 saturated heterocycles. The molecule has 1 aromatic rings. The van der Waals surface area contributed by atoms with Crippen LogP contribution in [0, 0.1) is 5.82 Å². The van der Waals surface area contributed by atoms with Crippen LogP contribution in [0.4, 0.5) is 4.39 Å². The van der Waals surface area contributed by atoms with Crippen molar-refractivity contribution >= 4 is 0 Å². The molecule has 0 saturated carbocycles. The van der Waals surface area contributed by atoms with Gasteiger partial charge in [0.1, 0.15) is 5.82 Å². The van der Waals surface area contributed by atoms with Gasteiger partial charge in [-0.05, 0) is 33.8 Å². The molecule has 1 N–H and O–H groups in total. The van der Waals surface area contributed by atoms with E-state index in [9.17, 15) is 4.39 Å². The van der Waals surface area contributed by atoms with Crippen molar-refractivity contribution in [3.05, 3.63) is 35.6 Å². The first-order chi connectivity index (χ1) is 8.30. The Morgan fingerprint density at radius 3 is 2.56 bits per heavy atom. The average Bonchev–Trinajstić information content (AvgIpc) is 2.27. The third kappa shape index (κ3) is 2.90. The second-order valence-electron chi connectivity index (χ2n) is 6.50. The van der Waals surface area contributed by atoms with Crippen LogP contribution in [0.1, 0.15) is 33.3 Å². The van der Waals surface area contributed by atoms with Gasteiger partial charge in [-0.15, -0.1) is 0 Å². The summed E-state index contributed by atoms with van der Waals surface area (Å²) in [4.78, 5) is 2.36. The zero-order valence-corrected chi connectivity index (χ0v) is 11.8.